The minimum Gasteiger partial charge on any atom is -0.495 e. The highest BCUT2D eigenvalue weighted by Gasteiger charge is 2.13. The van der Waals surface area contributed by atoms with Gasteiger partial charge in [0.05, 0.1) is 41.3 Å². The highest BCUT2D eigenvalue weighted by atomic mass is 16.6. The van der Waals surface area contributed by atoms with E-state index in [0.717, 1.165) is 5.39 Å². The van der Waals surface area contributed by atoms with Crippen LogP contribution in [0, 0.1) is 32.8 Å². The zero-order valence-corrected chi connectivity index (χ0v) is 24.5. The Kier molecular flexibility index (Phi) is 9.02. The number of nitrogens with zero attached hydrogens (tertiary/aromatic N) is 5. The van der Waals surface area contributed by atoms with Gasteiger partial charge in [0.25, 0.3) is 5.69 Å². The van der Waals surface area contributed by atoms with Crippen LogP contribution in [0.25, 0.3) is 21.8 Å². The second kappa shape index (κ2) is 13.6. The number of benzene rings is 4. The molecule has 0 aliphatic carbocycles. The van der Waals surface area contributed by atoms with E-state index in [1.54, 1.807) is 73.1 Å². The fourth-order valence-electron chi connectivity index (χ4n) is 4.41. The largest absolute Gasteiger partial charge is 0.495 e. The molecule has 2 heterocycles. The van der Waals surface area contributed by atoms with Crippen LogP contribution in [0.15, 0.2) is 97.3 Å². The Bertz CT molecular complexity index is 2140. The smallest absolute Gasteiger partial charge is 0.269 e. The molecule has 0 bridgehead atoms. The Morgan fingerprint density at radius 1 is 0.674 bits per heavy atom. The molecule has 0 radical (unpaired) electrons. The zero-order chi connectivity index (χ0) is 32.6. The quantitative estimate of drug-likeness (QED) is 0.108. The number of nitriles is 2. The molecule has 12 heteroatoms. The highest BCUT2D eigenvalue weighted by Crippen LogP contribution is 2.35. The van der Waals surface area contributed by atoms with Crippen LogP contribution >= 0.6 is 0 Å². The number of nitrogen functional groups attached to an aromatic ring is 1. The predicted molar refractivity (Wildman–Crippen MR) is 170 cm³/mol. The lowest BCUT2D eigenvalue weighted by Crippen LogP contribution is -1.93. The van der Waals surface area contributed by atoms with Crippen molar-refractivity contribution in [1.29, 1.82) is 10.5 Å². The van der Waals surface area contributed by atoms with E-state index in [-0.39, 0.29) is 5.69 Å². The fourth-order valence-corrected chi connectivity index (χ4v) is 4.41. The van der Waals surface area contributed by atoms with E-state index in [1.807, 2.05) is 0 Å². The van der Waals surface area contributed by atoms with Crippen LogP contribution < -0.4 is 24.7 Å². The number of hydrogen-bond acceptors (Lipinski definition) is 11. The molecule has 2 aromatic heterocycles. The van der Waals surface area contributed by atoms with Crippen LogP contribution in [0.4, 0.5) is 11.4 Å². The Hall–Kier alpha value is -6.92. The van der Waals surface area contributed by atoms with Crippen molar-refractivity contribution in [2.75, 3.05) is 20.0 Å². The molecule has 0 spiro atoms. The lowest BCUT2D eigenvalue weighted by atomic mass is 10.1. The second-order valence-corrected chi connectivity index (χ2v) is 9.51. The van der Waals surface area contributed by atoms with Crippen molar-refractivity contribution in [2.24, 2.45) is 0 Å². The zero-order valence-electron chi connectivity index (χ0n) is 24.5. The van der Waals surface area contributed by atoms with Gasteiger partial charge in [0, 0.05) is 41.0 Å². The van der Waals surface area contributed by atoms with E-state index in [1.165, 1.54) is 38.5 Å². The summed E-state index contributed by atoms with van der Waals surface area (Å²) in [6.07, 6.45) is 3.21. The number of hydrogen-bond donors (Lipinski definition) is 1. The molecular weight excluding hydrogens is 588 g/mol. The predicted octanol–water partition coefficient (Wildman–Crippen LogP) is 7.31. The molecule has 2 N–H and O–H groups in total. The molecule has 6 rings (SSSR count). The lowest BCUT2D eigenvalue weighted by molar-refractivity contribution is -0.384. The number of nitro groups is 1. The van der Waals surface area contributed by atoms with Gasteiger partial charge in [-0.25, -0.2) is 0 Å². The van der Waals surface area contributed by atoms with Gasteiger partial charge in [0.15, 0.2) is 0 Å². The third-order valence-corrected chi connectivity index (χ3v) is 6.67. The number of nitrogens with two attached hydrogens (primary N) is 1. The van der Waals surface area contributed by atoms with Crippen molar-refractivity contribution in [3.63, 3.8) is 0 Å². The van der Waals surface area contributed by atoms with Crippen molar-refractivity contribution in [2.45, 2.75) is 0 Å². The van der Waals surface area contributed by atoms with Gasteiger partial charge in [-0.05, 0) is 72.8 Å². The topological polar surface area (TPSA) is 179 Å². The van der Waals surface area contributed by atoms with Crippen LogP contribution in [0.5, 0.6) is 34.5 Å². The molecule has 226 valence electrons. The first-order valence-corrected chi connectivity index (χ1v) is 13.5. The van der Waals surface area contributed by atoms with E-state index >= 15 is 0 Å². The van der Waals surface area contributed by atoms with Gasteiger partial charge in [-0.2, -0.15) is 10.5 Å². The fraction of sp³-hybridized carbons (Fsp3) is 0.0588. The molecule has 0 saturated carbocycles. The molecule has 6 aromatic rings. The molecule has 0 fully saturated rings. The van der Waals surface area contributed by atoms with Crippen molar-refractivity contribution in [3.8, 4) is 46.6 Å². The second-order valence-electron chi connectivity index (χ2n) is 9.51. The molecule has 46 heavy (non-hydrogen) atoms. The van der Waals surface area contributed by atoms with E-state index in [4.69, 9.17) is 35.2 Å². The van der Waals surface area contributed by atoms with E-state index in [0.29, 0.717) is 67.7 Å². The number of methoxy groups -OCH3 is 2. The van der Waals surface area contributed by atoms with Crippen LogP contribution in [0.3, 0.4) is 0 Å². The number of ether oxygens (including phenoxy) is 4. The monoisotopic (exact) mass is 612 g/mol. The standard InChI is InChI=1S/C17H11N3O4.C17H13N3O2/c1-23-17-9-14-15(8-11(17)10-18)19-7-6-16(14)24-13-4-2-12(3-5-13)20(21)22;1-21-17-9-14-15(8-11(17)10-18)20-7-6-16(14)22-13-4-2-12(19)3-5-13/h2-9H,1H3;2-9H,19H2,1H3. The summed E-state index contributed by atoms with van der Waals surface area (Å²) in [5.74, 6) is 3.19. The van der Waals surface area contributed by atoms with Gasteiger partial charge in [-0.3, -0.25) is 20.1 Å². The molecular formula is C34H24N6O6. The number of pyridine rings is 2. The summed E-state index contributed by atoms with van der Waals surface area (Å²) in [4.78, 5) is 18.7. The number of nitro benzene ring substituents is 1. The third-order valence-electron chi connectivity index (χ3n) is 6.67. The maximum Gasteiger partial charge on any atom is 0.269 e. The lowest BCUT2D eigenvalue weighted by Gasteiger charge is -2.10. The molecule has 0 aliphatic rings. The first-order valence-electron chi connectivity index (χ1n) is 13.5. The maximum absolute atomic E-state index is 10.7. The number of rotatable bonds is 7. The molecule has 0 aliphatic heterocycles. The molecule has 4 aromatic carbocycles. The molecule has 0 amide bonds. The Balaban J connectivity index is 0.000000182. The number of anilines is 1. The average molecular weight is 613 g/mol. The van der Waals surface area contributed by atoms with Gasteiger partial charge < -0.3 is 24.7 Å². The Labute approximate surface area is 262 Å². The van der Waals surface area contributed by atoms with Crippen LogP contribution in [-0.4, -0.2) is 29.1 Å². The molecule has 0 atom stereocenters. The first kappa shape index (κ1) is 30.5. The van der Waals surface area contributed by atoms with Crippen LogP contribution in [0.2, 0.25) is 0 Å². The molecule has 0 unspecified atom stereocenters. The normalized spacial score (nSPS) is 10.2. The Morgan fingerprint density at radius 2 is 1.11 bits per heavy atom. The minimum absolute atomic E-state index is 0.0118. The van der Waals surface area contributed by atoms with Crippen molar-refractivity contribution in [3.05, 3.63) is 119 Å². The van der Waals surface area contributed by atoms with Crippen molar-refractivity contribution in [1.82, 2.24) is 9.97 Å². The maximum atomic E-state index is 10.7. The summed E-state index contributed by atoms with van der Waals surface area (Å²) in [6, 6.07) is 27.2. The molecule has 12 nitrogen and oxygen atoms in total. The van der Waals surface area contributed by atoms with Crippen molar-refractivity contribution >= 4 is 33.2 Å². The summed E-state index contributed by atoms with van der Waals surface area (Å²) in [5.41, 5.74) is 8.41. The van der Waals surface area contributed by atoms with Gasteiger partial charge in [0.2, 0.25) is 0 Å². The summed E-state index contributed by atoms with van der Waals surface area (Å²) in [6.45, 7) is 0. The number of aromatic nitrogens is 2. The highest BCUT2D eigenvalue weighted by molar-refractivity contribution is 5.89. The SMILES string of the molecule is COc1cc2c(Oc3ccc(N)cc3)ccnc2cc1C#N.COc1cc2c(Oc3ccc([N+](=O)[O-])cc3)ccnc2cc1C#N. The van der Waals surface area contributed by atoms with E-state index in [2.05, 4.69) is 22.1 Å². The minimum atomic E-state index is -0.472. The molecule has 0 saturated heterocycles. The van der Waals surface area contributed by atoms with Gasteiger partial charge in [-0.15, -0.1) is 0 Å². The average Bonchev–Trinajstić information content (AvgIpc) is 3.08. The first-order chi connectivity index (χ1) is 22.3. The summed E-state index contributed by atoms with van der Waals surface area (Å²) >= 11 is 0. The van der Waals surface area contributed by atoms with E-state index in [9.17, 15) is 10.1 Å². The summed E-state index contributed by atoms with van der Waals surface area (Å²) in [5, 5.41) is 30.4. The van der Waals surface area contributed by atoms with Gasteiger partial charge in [-0.1, -0.05) is 0 Å². The number of non-ortho nitro benzene ring substituents is 1. The van der Waals surface area contributed by atoms with Crippen LogP contribution in [-0.2, 0) is 0 Å². The van der Waals surface area contributed by atoms with Crippen LogP contribution in [0.1, 0.15) is 11.1 Å². The van der Waals surface area contributed by atoms with E-state index < -0.39 is 4.92 Å². The van der Waals surface area contributed by atoms with Gasteiger partial charge in [0.1, 0.15) is 46.6 Å². The third kappa shape index (κ3) is 6.67. The Morgan fingerprint density at radius 3 is 1.50 bits per heavy atom. The summed E-state index contributed by atoms with van der Waals surface area (Å²) in [7, 11) is 3.01. The number of fused-ring (bicyclic) bond motifs is 2. The summed E-state index contributed by atoms with van der Waals surface area (Å²) < 4.78 is 22.1. The van der Waals surface area contributed by atoms with Crippen molar-refractivity contribution < 1.29 is 23.9 Å². The van der Waals surface area contributed by atoms with Gasteiger partial charge >= 0.3 is 0 Å².